The fourth-order valence-electron chi connectivity index (χ4n) is 2.14. The van der Waals surface area contributed by atoms with Crippen LogP contribution in [-0.4, -0.2) is 11.7 Å². The summed E-state index contributed by atoms with van der Waals surface area (Å²) in [6.45, 7) is 0. The van der Waals surface area contributed by atoms with Crippen LogP contribution in [0.5, 0.6) is 0 Å². The average molecular weight is 297 g/mol. The van der Waals surface area contributed by atoms with Gasteiger partial charge in [0, 0.05) is 11.4 Å². The van der Waals surface area contributed by atoms with Crippen molar-refractivity contribution in [3.8, 4) is 0 Å². The molecule has 0 atom stereocenters. The van der Waals surface area contributed by atoms with Gasteiger partial charge >= 0.3 is 0 Å². The van der Waals surface area contributed by atoms with Gasteiger partial charge in [-0.05, 0) is 29.3 Å². The van der Waals surface area contributed by atoms with Gasteiger partial charge in [-0.25, -0.2) is 4.99 Å². The SMILES string of the molecule is O=C1NC(Cc2ccccc2)=N/C1=C/c1cccc(Cl)c1. The average Bonchev–Trinajstić information content (AvgIpc) is 2.80. The lowest BCUT2D eigenvalue weighted by molar-refractivity contribution is -0.115. The molecule has 0 saturated heterocycles. The summed E-state index contributed by atoms with van der Waals surface area (Å²) in [5.74, 6) is 0.486. The Morgan fingerprint density at radius 3 is 2.67 bits per heavy atom. The lowest BCUT2D eigenvalue weighted by atomic mass is 10.1. The summed E-state index contributed by atoms with van der Waals surface area (Å²) in [5.41, 5.74) is 2.38. The van der Waals surface area contributed by atoms with Crippen molar-refractivity contribution in [1.29, 1.82) is 0 Å². The molecule has 0 bridgehead atoms. The van der Waals surface area contributed by atoms with E-state index in [2.05, 4.69) is 10.3 Å². The lowest BCUT2D eigenvalue weighted by Crippen LogP contribution is -2.25. The van der Waals surface area contributed by atoms with Crippen LogP contribution in [0.4, 0.5) is 0 Å². The molecule has 1 amide bonds. The molecule has 4 heteroatoms. The Labute approximate surface area is 128 Å². The van der Waals surface area contributed by atoms with Crippen molar-refractivity contribution in [3.05, 3.63) is 76.4 Å². The van der Waals surface area contributed by atoms with Crippen molar-refractivity contribution in [1.82, 2.24) is 5.32 Å². The first kappa shape index (κ1) is 13.6. The van der Waals surface area contributed by atoms with Gasteiger partial charge in [-0.1, -0.05) is 54.1 Å². The third-order valence-electron chi connectivity index (χ3n) is 3.11. The maximum atomic E-state index is 11.9. The van der Waals surface area contributed by atoms with E-state index in [-0.39, 0.29) is 5.91 Å². The van der Waals surface area contributed by atoms with Crippen LogP contribution in [-0.2, 0) is 11.2 Å². The fourth-order valence-corrected chi connectivity index (χ4v) is 2.34. The third kappa shape index (κ3) is 3.38. The highest BCUT2D eigenvalue weighted by Gasteiger charge is 2.19. The van der Waals surface area contributed by atoms with Gasteiger partial charge in [-0.15, -0.1) is 0 Å². The standard InChI is InChI=1S/C17H13ClN2O/c18-14-8-4-7-13(9-14)10-15-17(21)20-16(19-15)11-12-5-2-1-3-6-12/h1-10H,11H2,(H,19,20,21)/b15-10+. The molecule has 1 aliphatic rings. The van der Waals surface area contributed by atoms with E-state index in [1.54, 1.807) is 18.2 Å². The first-order valence-electron chi connectivity index (χ1n) is 6.61. The number of carbonyl (C=O) groups is 1. The van der Waals surface area contributed by atoms with E-state index < -0.39 is 0 Å². The number of carbonyl (C=O) groups excluding carboxylic acids is 1. The first-order valence-corrected chi connectivity index (χ1v) is 6.98. The van der Waals surface area contributed by atoms with Crippen LogP contribution in [0.2, 0.25) is 5.02 Å². The Morgan fingerprint density at radius 1 is 1.10 bits per heavy atom. The molecule has 0 spiro atoms. The minimum Gasteiger partial charge on any atom is -0.308 e. The number of hydrogen-bond donors (Lipinski definition) is 1. The molecule has 1 N–H and O–H groups in total. The van der Waals surface area contributed by atoms with Gasteiger partial charge in [0.25, 0.3) is 5.91 Å². The van der Waals surface area contributed by atoms with Gasteiger partial charge in [0.2, 0.25) is 0 Å². The van der Waals surface area contributed by atoms with E-state index in [9.17, 15) is 4.79 Å². The number of aliphatic imine (C=N–C) groups is 1. The molecule has 2 aromatic rings. The van der Waals surface area contributed by atoms with Crippen molar-refractivity contribution in [2.45, 2.75) is 6.42 Å². The summed E-state index contributed by atoms with van der Waals surface area (Å²) in [4.78, 5) is 16.3. The smallest absolute Gasteiger partial charge is 0.275 e. The zero-order chi connectivity index (χ0) is 14.7. The van der Waals surface area contributed by atoms with E-state index in [0.29, 0.717) is 23.0 Å². The molecule has 0 aromatic heterocycles. The number of benzene rings is 2. The van der Waals surface area contributed by atoms with Crippen molar-refractivity contribution in [2.75, 3.05) is 0 Å². The second-order valence-corrected chi connectivity index (χ2v) is 5.20. The van der Waals surface area contributed by atoms with E-state index in [1.165, 1.54) is 0 Å². The highest BCUT2D eigenvalue weighted by Crippen LogP contribution is 2.17. The van der Waals surface area contributed by atoms with E-state index >= 15 is 0 Å². The van der Waals surface area contributed by atoms with Crippen LogP contribution in [0.25, 0.3) is 6.08 Å². The van der Waals surface area contributed by atoms with Crippen LogP contribution in [0.15, 0.2) is 65.3 Å². The molecule has 3 rings (SSSR count). The zero-order valence-electron chi connectivity index (χ0n) is 11.2. The number of rotatable bonds is 3. The summed E-state index contributed by atoms with van der Waals surface area (Å²) >= 11 is 5.94. The topological polar surface area (TPSA) is 41.5 Å². The predicted molar refractivity (Wildman–Crippen MR) is 85.2 cm³/mol. The maximum Gasteiger partial charge on any atom is 0.275 e. The minimum atomic E-state index is -0.180. The summed E-state index contributed by atoms with van der Waals surface area (Å²) in [7, 11) is 0. The Balaban J connectivity index is 1.82. The molecular formula is C17H13ClN2O. The molecule has 1 heterocycles. The van der Waals surface area contributed by atoms with Crippen molar-refractivity contribution in [2.24, 2.45) is 4.99 Å². The number of hydrogen-bond acceptors (Lipinski definition) is 2. The second-order valence-electron chi connectivity index (χ2n) is 4.76. The highest BCUT2D eigenvalue weighted by atomic mass is 35.5. The summed E-state index contributed by atoms with van der Waals surface area (Å²) in [5, 5.41) is 3.43. The number of amidine groups is 1. The van der Waals surface area contributed by atoms with Crippen LogP contribution in [0.1, 0.15) is 11.1 Å². The zero-order valence-corrected chi connectivity index (χ0v) is 12.0. The lowest BCUT2D eigenvalue weighted by Gasteiger charge is -1.99. The summed E-state index contributed by atoms with van der Waals surface area (Å²) in [6, 6.07) is 17.2. The normalized spacial score (nSPS) is 16.0. The number of nitrogens with zero attached hydrogens (tertiary/aromatic N) is 1. The molecule has 2 aromatic carbocycles. The molecule has 1 aliphatic heterocycles. The van der Waals surface area contributed by atoms with E-state index in [1.807, 2.05) is 42.5 Å². The van der Waals surface area contributed by atoms with Gasteiger partial charge in [0.05, 0.1) is 0 Å². The van der Waals surface area contributed by atoms with E-state index in [0.717, 1.165) is 11.1 Å². The molecule has 0 fully saturated rings. The second kappa shape index (κ2) is 5.94. The van der Waals surface area contributed by atoms with Crippen molar-refractivity contribution < 1.29 is 4.79 Å². The predicted octanol–water partition coefficient (Wildman–Crippen LogP) is 3.45. The van der Waals surface area contributed by atoms with E-state index in [4.69, 9.17) is 11.6 Å². The maximum absolute atomic E-state index is 11.9. The van der Waals surface area contributed by atoms with Crippen LogP contribution in [0, 0.1) is 0 Å². The Bertz CT molecular complexity index is 735. The Kier molecular flexibility index (Phi) is 3.84. The number of halogens is 1. The Morgan fingerprint density at radius 2 is 1.90 bits per heavy atom. The number of nitrogens with one attached hydrogen (secondary N) is 1. The fraction of sp³-hybridized carbons (Fsp3) is 0.0588. The molecule has 0 saturated carbocycles. The quantitative estimate of drug-likeness (QED) is 0.866. The Hall–Kier alpha value is -2.39. The molecule has 104 valence electrons. The molecule has 0 aliphatic carbocycles. The largest absolute Gasteiger partial charge is 0.308 e. The highest BCUT2D eigenvalue weighted by molar-refractivity contribution is 6.30. The van der Waals surface area contributed by atoms with Gasteiger partial charge in [0.15, 0.2) is 0 Å². The van der Waals surface area contributed by atoms with Crippen molar-refractivity contribution in [3.63, 3.8) is 0 Å². The molecule has 21 heavy (non-hydrogen) atoms. The van der Waals surface area contributed by atoms with Gasteiger partial charge in [0.1, 0.15) is 11.5 Å². The molecular weight excluding hydrogens is 284 g/mol. The minimum absolute atomic E-state index is 0.180. The summed E-state index contributed by atoms with van der Waals surface area (Å²) < 4.78 is 0. The molecule has 0 radical (unpaired) electrons. The van der Waals surface area contributed by atoms with Crippen LogP contribution < -0.4 is 5.32 Å². The van der Waals surface area contributed by atoms with Gasteiger partial charge < -0.3 is 5.32 Å². The summed E-state index contributed by atoms with van der Waals surface area (Å²) in [6.07, 6.45) is 2.35. The molecule has 0 unspecified atom stereocenters. The monoisotopic (exact) mass is 296 g/mol. The number of amides is 1. The van der Waals surface area contributed by atoms with Crippen LogP contribution >= 0.6 is 11.6 Å². The third-order valence-corrected chi connectivity index (χ3v) is 3.35. The van der Waals surface area contributed by atoms with Gasteiger partial charge in [-0.2, -0.15) is 0 Å². The first-order chi connectivity index (χ1) is 10.2. The van der Waals surface area contributed by atoms with Crippen molar-refractivity contribution >= 4 is 29.4 Å². The molecule has 3 nitrogen and oxygen atoms in total. The van der Waals surface area contributed by atoms with Crippen LogP contribution in [0.3, 0.4) is 0 Å². The van der Waals surface area contributed by atoms with Gasteiger partial charge in [-0.3, -0.25) is 4.79 Å².